The largest absolute Gasteiger partial charge is 0.377 e. The van der Waals surface area contributed by atoms with E-state index in [4.69, 9.17) is 9.73 Å². The van der Waals surface area contributed by atoms with Crippen LogP contribution in [0, 0.1) is 0 Å². The Bertz CT molecular complexity index is 625. The number of ether oxygens (including phenoxy) is 1. The predicted molar refractivity (Wildman–Crippen MR) is 116 cm³/mol. The highest BCUT2D eigenvalue weighted by molar-refractivity contribution is 5.80. The van der Waals surface area contributed by atoms with Crippen molar-refractivity contribution in [1.82, 2.24) is 30.3 Å². The van der Waals surface area contributed by atoms with Crippen molar-refractivity contribution >= 4 is 5.96 Å². The van der Waals surface area contributed by atoms with Crippen LogP contribution in [0.5, 0.6) is 0 Å². The second-order valence-corrected chi connectivity index (χ2v) is 8.16. The van der Waals surface area contributed by atoms with Gasteiger partial charge in [0.25, 0.3) is 0 Å². The van der Waals surface area contributed by atoms with Crippen molar-refractivity contribution in [3.8, 4) is 0 Å². The number of aromatic nitrogens is 3. The highest BCUT2D eigenvalue weighted by atomic mass is 16.5. The number of likely N-dealkylation sites (tertiary alicyclic amines) is 1. The van der Waals surface area contributed by atoms with Crippen molar-refractivity contribution in [2.24, 2.45) is 4.99 Å². The minimum absolute atomic E-state index is 0.330. The molecule has 3 heterocycles. The molecule has 8 heteroatoms. The normalized spacial score (nSPS) is 20.5. The van der Waals surface area contributed by atoms with Crippen molar-refractivity contribution in [2.45, 2.75) is 77.5 Å². The van der Waals surface area contributed by atoms with Gasteiger partial charge in [0.05, 0.1) is 6.54 Å². The zero-order valence-corrected chi connectivity index (χ0v) is 18.3. The summed E-state index contributed by atoms with van der Waals surface area (Å²) in [6.07, 6.45) is 9.87. The van der Waals surface area contributed by atoms with Crippen molar-refractivity contribution in [3.05, 3.63) is 11.6 Å². The van der Waals surface area contributed by atoms with E-state index in [1.54, 1.807) is 7.11 Å². The van der Waals surface area contributed by atoms with Crippen molar-refractivity contribution in [3.63, 3.8) is 0 Å². The molecule has 0 spiro atoms. The smallest absolute Gasteiger partial charge is 0.191 e. The van der Waals surface area contributed by atoms with Crippen LogP contribution in [-0.2, 0) is 24.3 Å². The van der Waals surface area contributed by atoms with Crippen LogP contribution in [0.2, 0.25) is 0 Å². The number of piperidine rings is 1. The number of nitrogens with zero attached hydrogens (tertiary/aromatic N) is 5. The molecule has 1 atom stereocenters. The van der Waals surface area contributed by atoms with Gasteiger partial charge in [-0.05, 0) is 58.7 Å². The monoisotopic (exact) mass is 405 g/mol. The fraction of sp³-hybridized carbons (Fsp3) is 0.857. The molecule has 1 saturated heterocycles. The van der Waals surface area contributed by atoms with Gasteiger partial charge in [-0.15, -0.1) is 0 Å². The number of rotatable bonds is 10. The summed E-state index contributed by atoms with van der Waals surface area (Å²) in [7, 11) is 1.68. The number of aliphatic imine (C=N–C) groups is 1. The highest BCUT2D eigenvalue weighted by Crippen LogP contribution is 2.13. The van der Waals surface area contributed by atoms with E-state index < -0.39 is 0 Å². The molecular formula is C21H39N7O. The van der Waals surface area contributed by atoms with E-state index in [2.05, 4.69) is 32.5 Å². The van der Waals surface area contributed by atoms with Gasteiger partial charge in [0.1, 0.15) is 12.4 Å². The van der Waals surface area contributed by atoms with Gasteiger partial charge in [0, 0.05) is 32.7 Å². The Labute approximate surface area is 175 Å². The summed E-state index contributed by atoms with van der Waals surface area (Å²) in [4.78, 5) is 12.0. The van der Waals surface area contributed by atoms with Crippen LogP contribution in [0.15, 0.2) is 4.99 Å². The van der Waals surface area contributed by atoms with E-state index in [1.165, 1.54) is 51.7 Å². The molecule has 0 bridgehead atoms. The number of aryl methyl sites for hydroxylation is 1. The summed E-state index contributed by atoms with van der Waals surface area (Å²) in [5, 5.41) is 11.5. The van der Waals surface area contributed by atoms with Gasteiger partial charge in [-0.3, -0.25) is 4.99 Å². The van der Waals surface area contributed by atoms with Crippen LogP contribution in [0.3, 0.4) is 0 Å². The van der Waals surface area contributed by atoms with Crippen molar-refractivity contribution < 1.29 is 4.74 Å². The van der Waals surface area contributed by atoms with Gasteiger partial charge >= 0.3 is 0 Å². The van der Waals surface area contributed by atoms with E-state index in [1.807, 2.05) is 4.68 Å². The lowest BCUT2D eigenvalue weighted by molar-refractivity contribution is 0.177. The Morgan fingerprint density at radius 3 is 2.86 bits per heavy atom. The molecule has 0 aliphatic carbocycles. The minimum Gasteiger partial charge on any atom is -0.377 e. The third kappa shape index (κ3) is 7.26. The first-order valence-electron chi connectivity index (χ1n) is 11.5. The van der Waals surface area contributed by atoms with Crippen LogP contribution in [-0.4, -0.2) is 71.5 Å². The first kappa shape index (κ1) is 22.0. The summed E-state index contributed by atoms with van der Waals surface area (Å²) in [5.41, 5.74) is 0. The van der Waals surface area contributed by atoms with Crippen molar-refractivity contribution in [1.29, 1.82) is 0 Å². The Morgan fingerprint density at radius 2 is 2.07 bits per heavy atom. The number of nitrogens with one attached hydrogen (secondary N) is 2. The molecule has 8 nitrogen and oxygen atoms in total. The Balaban J connectivity index is 1.38. The van der Waals surface area contributed by atoms with Gasteiger partial charge in [-0.25, -0.2) is 9.67 Å². The number of hydrogen-bond acceptors (Lipinski definition) is 5. The summed E-state index contributed by atoms with van der Waals surface area (Å²) in [5.74, 6) is 2.76. The standard InChI is InChI=1S/C21H39N7O/c1-3-22-21(23-12-6-4-7-13-27-14-8-5-9-15-27)24-18-10-11-20-25-19(17-29-2)26-28(20)16-18/h18H,3-17H2,1-2H3,(H2,22,23,24). The van der Waals surface area contributed by atoms with E-state index in [-0.39, 0.29) is 0 Å². The molecular weight excluding hydrogens is 366 g/mol. The fourth-order valence-electron chi connectivity index (χ4n) is 4.18. The lowest BCUT2D eigenvalue weighted by Gasteiger charge is -2.26. The Hall–Kier alpha value is -1.67. The third-order valence-electron chi connectivity index (χ3n) is 5.71. The van der Waals surface area contributed by atoms with Gasteiger partial charge in [0.15, 0.2) is 11.8 Å². The van der Waals surface area contributed by atoms with Gasteiger partial charge in [-0.2, -0.15) is 5.10 Å². The van der Waals surface area contributed by atoms with E-state index in [0.717, 1.165) is 56.5 Å². The number of hydrogen-bond donors (Lipinski definition) is 2. The molecule has 1 aromatic rings. The summed E-state index contributed by atoms with van der Waals surface area (Å²) in [6.45, 7) is 9.03. The Morgan fingerprint density at radius 1 is 1.21 bits per heavy atom. The number of guanidine groups is 1. The van der Waals surface area contributed by atoms with Crippen LogP contribution >= 0.6 is 0 Å². The molecule has 2 N–H and O–H groups in total. The molecule has 29 heavy (non-hydrogen) atoms. The maximum atomic E-state index is 5.15. The Kier molecular flexibility index (Phi) is 9.21. The zero-order chi connectivity index (χ0) is 20.3. The summed E-state index contributed by atoms with van der Waals surface area (Å²) in [6, 6.07) is 0.330. The van der Waals surface area contributed by atoms with Crippen molar-refractivity contribution in [2.75, 3.05) is 39.8 Å². The molecule has 1 fully saturated rings. The van der Waals surface area contributed by atoms with E-state index in [9.17, 15) is 0 Å². The van der Waals surface area contributed by atoms with Gasteiger partial charge < -0.3 is 20.3 Å². The second kappa shape index (κ2) is 12.1. The molecule has 0 aromatic carbocycles. The van der Waals surface area contributed by atoms with E-state index in [0.29, 0.717) is 12.6 Å². The number of unbranched alkanes of at least 4 members (excludes halogenated alkanes) is 2. The summed E-state index contributed by atoms with van der Waals surface area (Å²) < 4.78 is 7.16. The average molecular weight is 406 g/mol. The average Bonchev–Trinajstić information content (AvgIpc) is 3.13. The fourth-order valence-corrected chi connectivity index (χ4v) is 4.18. The maximum Gasteiger partial charge on any atom is 0.191 e. The molecule has 0 radical (unpaired) electrons. The molecule has 2 aliphatic rings. The number of methoxy groups -OCH3 is 1. The zero-order valence-electron chi connectivity index (χ0n) is 18.3. The summed E-state index contributed by atoms with van der Waals surface area (Å²) >= 11 is 0. The van der Waals surface area contributed by atoms with Crippen LogP contribution in [0.25, 0.3) is 0 Å². The third-order valence-corrected chi connectivity index (χ3v) is 5.71. The maximum absolute atomic E-state index is 5.15. The first-order valence-corrected chi connectivity index (χ1v) is 11.5. The molecule has 1 aromatic heterocycles. The highest BCUT2D eigenvalue weighted by Gasteiger charge is 2.22. The lowest BCUT2D eigenvalue weighted by Crippen LogP contribution is -2.47. The quantitative estimate of drug-likeness (QED) is 0.352. The second-order valence-electron chi connectivity index (χ2n) is 8.16. The minimum atomic E-state index is 0.330. The van der Waals surface area contributed by atoms with Crippen LogP contribution in [0.4, 0.5) is 0 Å². The topological polar surface area (TPSA) is 79.6 Å². The molecule has 2 aliphatic heterocycles. The SMILES string of the molecule is CCNC(=NCCCCCN1CCCCC1)NC1CCc2nc(COC)nn2C1. The lowest BCUT2D eigenvalue weighted by atomic mass is 10.1. The number of fused-ring (bicyclic) bond motifs is 1. The molecule has 0 amide bonds. The van der Waals surface area contributed by atoms with Crippen LogP contribution < -0.4 is 10.6 Å². The first-order chi connectivity index (χ1) is 14.3. The van der Waals surface area contributed by atoms with E-state index >= 15 is 0 Å². The predicted octanol–water partition coefficient (Wildman–Crippen LogP) is 1.95. The van der Waals surface area contributed by atoms with Crippen LogP contribution in [0.1, 0.15) is 63.5 Å². The molecule has 0 saturated carbocycles. The molecule has 1 unspecified atom stereocenters. The van der Waals surface area contributed by atoms with Gasteiger partial charge in [-0.1, -0.05) is 12.8 Å². The molecule has 3 rings (SSSR count). The van der Waals surface area contributed by atoms with Gasteiger partial charge in [0.2, 0.25) is 0 Å². The molecule has 164 valence electrons.